The summed E-state index contributed by atoms with van der Waals surface area (Å²) < 4.78 is 86.4. The van der Waals surface area contributed by atoms with Gasteiger partial charge in [0.05, 0.1) is 36.4 Å². The van der Waals surface area contributed by atoms with E-state index in [1.54, 1.807) is 9.80 Å². The van der Waals surface area contributed by atoms with Crippen LogP contribution in [0, 0.1) is 0 Å². The Balaban J connectivity index is 0.00000441. The molecule has 13 heteroatoms. The molecule has 0 radical (unpaired) electrons. The van der Waals surface area contributed by atoms with Gasteiger partial charge in [-0.05, 0) is 42.7 Å². The van der Waals surface area contributed by atoms with Gasteiger partial charge in [0, 0.05) is 32.1 Å². The fourth-order valence-electron chi connectivity index (χ4n) is 5.01. The van der Waals surface area contributed by atoms with Gasteiger partial charge >= 0.3 is 12.4 Å². The molecule has 3 atom stereocenters. The van der Waals surface area contributed by atoms with Gasteiger partial charge < -0.3 is 15.0 Å². The summed E-state index contributed by atoms with van der Waals surface area (Å²) in [6, 6.07) is 10.6. The minimum absolute atomic E-state index is 0. The molecule has 2 amide bonds. The number of alkyl halides is 6. The Morgan fingerprint density at radius 3 is 2.23 bits per heavy atom. The highest BCUT2D eigenvalue weighted by Gasteiger charge is 2.39. The largest absolute Gasteiger partial charge is 0.416 e. The van der Waals surface area contributed by atoms with E-state index in [0.717, 1.165) is 5.56 Å². The second kappa shape index (κ2) is 12.8. The summed E-state index contributed by atoms with van der Waals surface area (Å²) in [7, 11) is 0. The predicted octanol–water partition coefficient (Wildman–Crippen LogP) is 5.04. The van der Waals surface area contributed by atoms with Crippen LogP contribution in [-0.4, -0.2) is 67.0 Å². The number of rotatable bonds is 6. The molecule has 220 valence electrons. The lowest BCUT2D eigenvalue weighted by Gasteiger charge is -2.40. The van der Waals surface area contributed by atoms with Gasteiger partial charge in [-0.25, -0.2) is 0 Å². The molecule has 2 aromatic carbocycles. The van der Waals surface area contributed by atoms with Gasteiger partial charge in [-0.1, -0.05) is 30.3 Å². The van der Waals surface area contributed by atoms with Gasteiger partial charge in [0.1, 0.15) is 0 Å². The average molecular weight is 594 g/mol. The van der Waals surface area contributed by atoms with Crippen molar-refractivity contribution in [1.29, 1.82) is 0 Å². The van der Waals surface area contributed by atoms with Crippen LogP contribution in [0.15, 0.2) is 48.5 Å². The second-order valence-electron chi connectivity index (χ2n) is 9.86. The van der Waals surface area contributed by atoms with Crippen LogP contribution in [0.2, 0.25) is 0 Å². The zero-order chi connectivity index (χ0) is 28.4. The fraction of sp³-hybridized carbons (Fsp3) is 0.481. The van der Waals surface area contributed by atoms with Crippen LogP contribution in [0.1, 0.15) is 47.6 Å². The molecule has 2 aliphatic heterocycles. The first kappa shape index (κ1) is 31.7. The number of nitrogens with one attached hydrogen (secondary N) is 1. The summed E-state index contributed by atoms with van der Waals surface area (Å²) in [6.45, 7) is 3.19. The predicted molar refractivity (Wildman–Crippen MR) is 137 cm³/mol. The first-order valence-electron chi connectivity index (χ1n) is 12.6. The van der Waals surface area contributed by atoms with Crippen LogP contribution >= 0.6 is 12.4 Å². The number of amides is 2. The van der Waals surface area contributed by atoms with Crippen molar-refractivity contribution < 1.29 is 40.7 Å². The number of carbonyl (C=O) groups is 2. The number of carbonyl (C=O) groups excluding carboxylic acids is 2. The molecule has 4 rings (SSSR count). The molecule has 2 fully saturated rings. The van der Waals surface area contributed by atoms with E-state index in [0.29, 0.717) is 38.2 Å². The Kier molecular flexibility index (Phi) is 10.1. The summed E-state index contributed by atoms with van der Waals surface area (Å²) in [5.74, 6) is -0.672. The van der Waals surface area contributed by atoms with E-state index in [1.807, 2.05) is 30.3 Å². The molecule has 1 N–H and O–H groups in total. The Bertz CT molecular complexity index is 1150. The van der Waals surface area contributed by atoms with Crippen LogP contribution in [0.3, 0.4) is 0 Å². The average Bonchev–Trinajstić information content (AvgIpc) is 2.88. The van der Waals surface area contributed by atoms with Gasteiger partial charge in [-0.2, -0.15) is 26.3 Å². The van der Waals surface area contributed by atoms with E-state index in [1.165, 1.54) is 6.92 Å². The van der Waals surface area contributed by atoms with Crippen molar-refractivity contribution in [2.45, 2.75) is 43.8 Å². The molecule has 2 heterocycles. The van der Waals surface area contributed by atoms with Crippen molar-refractivity contribution in [3.8, 4) is 0 Å². The maximum atomic E-state index is 13.4. The highest BCUT2D eigenvalue weighted by atomic mass is 35.5. The lowest BCUT2D eigenvalue weighted by Crippen LogP contribution is -2.53. The van der Waals surface area contributed by atoms with Crippen LogP contribution in [-0.2, 0) is 26.7 Å². The molecule has 0 aromatic heterocycles. The van der Waals surface area contributed by atoms with Gasteiger partial charge in [0.25, 0.3) is 0 Å². The first-order valence-corrected chi connectivity index (χ1v) is 12.6. The van der Waals surface area contributed by atoms with E-state index in [9.17, 15) is 35.9 Å². The number of nitrogens with zero attached hydrogens (tertiary/aromatic N) is 2. The Hall–Kier alpha value is -2.83. The second-order valence-corrected chi connectivity index (χ2v) is 9.86. The zero-order valence-corrected chi connectivity index (χ0v) is 22.4. The van der Waals surface area contributed by atoms with Crippen molar-refractivity contribution in [2.24, 2.45) is 0 Å². The normalized spacial score (nSPS) is 21.4. The van der Waals surface area contributed by atoms with Gasteiger partial charge in [-0.15, -0.1) is 12.4 Å². The van der Waals surface area contributed by atoms with Crippen LogP contribution < -0.4 is 5.32 Å². The minimum Gasteiger partial charge on any atom is -0.370 e. The lowest BCUT2D eigenvalue weighted by atomic mass is 9.87. The van der Waals surface area contributed by atoms with Crippen molar-refractivity contribution >= 4 is 24.2 Å². The van der Waals surface area contributed by atoms with Crippen LogP contribution in [0.25, 0.3) is 0 Å². The number of piperidine rings is 1. The third kappa shape index (κ3) is 7.88. The molecule has 2 aromatic rings. The number of piperazine rings is 1. The SMILES string of the molecule is CC(OC1CCN(C(=O)CN2CCNC(=O)C2)CC1c1ccccc1)c1cc(C(F)(F)F)cc(C(F)(F)F)c1.Cl. The Morgan fingerprint density at radius 2 is 1.65 bits per heavy atom. The maximum absolute atomic E-state index is 13.4. The molecule has 6 nitrogen and oxygen atoms in total. The molecule has 2 saturated heterocycles. The van der Waals surface area contributed by atoms with Gasteiger partial charge in [0.2, 0.25) is 11.8 Å². The molecular formula is C27H30ClF6N3O3. The number of benzene rings is 2. The first-order chi connectivity index (χ1) is 18.3. The van der Waals surface area contributed by atoms with Crippen molar-refractivity contribution in [2.75, 3.05) is 39.3 Å². The number of hydrogen-bond donors (Lipinski definition) is 1. The summed E-state index contributed by atoms with van der Waals surface area (Å²) in [4.78, 5) is 28.2. The quantitative estimate of drug-likeness (QED) is 0.477. The summed E-state index contributed by atoms with van der Waals surface area (Å²) in [6.07, 6.45) is -11.2. The topological polar surface area (TPSA) is 61.9 Å². The van der Waals surface area contributed by atoms with Gasteiger partial charge in [0.15, 0.2) is 0 Å². The zero-order valence-electron chi connectivity index (χ0n) is 21.6. The van der Waals surface area contributed by atoms with Crippen LogP contribution in [0.4, 0.5) is 26.3 Å². The number of halogens is 7. The summed E-state index contributed by atoms with van der Waals surface area (Å²) in [5, 5.41) is 2.71. The molecule has 0 spiro atoms. The van der Waals surface area contributed by atoms with E-state index in [4.69, 9.17) is 4.74 Å². The van der Waals surface area contributed by atoms with E-state index < -0.39 is 35.7 Å². The molecule has 0 aliphatic carbocycles. The highest BCUT2D eigenvalue weighted by Crippen LogP contribution is 2.39. The summed E-state index contributed by atoms with van der Waals surface area (Å²) >= 11 is 0. The fourth-order valence-corrected chi connectivity index (χ4v) is 5.01. The lowest BCUT2D eigenvalue weighted by molar-refractivity contribution is -0.143. The maximum Gasteiger partial charge on any atom is 0.416 e. The Morgan fingerprint density at radius 1 is 1.02 bits per heavy atom. The van der Waals surface area contributed by atoms with Crippen molar-refractivity contribution in [3.05, 3.63) is 70.8 Å². The molecular weight excluding hydrogens is 564 g/mol. The smallest absolute Gasteiger partial charge is 0.370 e. The number of likely N-dealkylation sites (tertiary alicyclic amines) is 1. The van der Waals surface area contributed by atoms with Crippen molar-refractivity contribution in [3.63, 3.8) is 0 Å². The standard InChI is InChI=1S/C27H29F6N3O3.ClH/c1-17(19-11-20(26(28,29)30)13-21(12-19)27(31,32)33)39-23-7-9-36(14-22(23)18-5-3-2-4-6-18)25(38)16-35-10-8-34-24(37)15-35;/h2-6,11-13,17,22-23H,7-10,14-16H2,1H3,(H,34,37);1H. The number of hydrogen-bond acceptors (Lipinski definition) is 4. The number of ether oxygens (including phenoxy) is 1. The molecule has 0 saturated carbocycles. The van der Waals surface area contributed by atoms with Crippen molar-refractivity contribution in [1.82, 2.24) is 15.1 Å². The minimum atomic E-state index is -4.96. The third-order valence-corrected chi connectivity index (χ3v) is 7.06. The van der Waals surface area contributed by atoms with E-state index >= 15 is 0 Å². The molecule has 0 bridgehead atoms. The third-order valence-electron chi connectivity index (χ3n) is 7.06. The summed E-state index contributed by atoms with van der Waals surface area (Å²) in [5.41, 5.74) is -2.18. The van der Waals surface area contributed by atoms with E-state index in [2.05, 4.69) is 5.32 Å². The molecule has 2 aliphatic rings. The van der Waals surface area contributed by atoms with Crippen LogP contribution in [0.5, 0.6) is 0 Å². The highest BCUT2D eigenvalue weighted by molar-refractivity contribution is 5.85. The van der Waals surface area contributed by atoms with Gasteiger partial charge in [-0.3, -0.25) is 14.5 Å². The van der Waals surface area contributed by atoms with E-state index in [-0.39, 0.29) is 61.4 Å². The Labute approximate surface area is 234 Å². The molecule has 40 heavy (non-hydrogen) atoms. The molecule has 3 unspecified atom stereocenters. The monoisotopic (exact) mass is 593 g/mol.